The van der Waals surface area contributed by atoms with E-state index in [-0.39, 0.29) is 31.2 Å². The lowest BCUT2D eigenvalue weighted by Crippen LogP contribution is -2.58. The summed E-state index contributed by atoms with van der Waals surface area (Å²) >= 11 is 0. The fraction of sp³-hybridized carbons (Fsp3) is 0.576. The van der Waals surface area contributed by atoms with E-state index in [0.717, 1.165) is 44.6 Å². The molecule has 0 spiro atoms. The molecule has 46 heavy (non-hydrogen) atoms. The van der Waals surface area contributed by atoms with E-state index in [1.165, 1.54) is 12.0 Å². The fourth-order valence-electron chi connectivity index (χ4n) is 7.12. The Balaban J connectivity index is 1.27. The van der Waals surface area contributed by atoms with Crippen molar-refractivity contribution in [3.8, 4) is 0 Å². The van der Waals surface area contributed by atoms with Crippen LogP contribution in [0, 0.1) is 0 Å². The summed E-state index contributed by atoms with van der Waals surface area (Å²) in [7, 11) is 1.51. The number of alkyl halides is 6. The van der Waals surface area contributed by atoms with Crippen molar-refractivity contribution in [2.45, 2.75) is 62.6 Å². The van der Waals surface area contributed by atoms with E-state index in [1.54, 1.807) is 0 Å². The van der Waals surface area contributed by atoms with Crippen LogP contribution in [0.4, 0.5) is 26.3 Å². The van der Waals surface area contributed by atoms with Gasteiger partial charge in [0.05, 0.1) is 11.1 Å². The summed E-state index contributed by atoms with van der Waals surface area (Å²) in [4.78, 5) is 34.1. The molecule has 2 amide bonds. The summed E-state index contributed by atoms with van der Waals surface area (Å²) in [5.41, 5.74) is -2.66. The zero-order valence-electron chi connectivity index (χ0n) is 25.8. The normalized spacial score (nSPS) is 22.7. The molecule has 0 radical (unpaired) electrons. The Morgan fingerprint density at radius 2 is 1.30 bits per heavy atom. The molecule has 0 aromatic heterocycles. The Morgan fingerprint density at radius 1 is 0.761 bits per heavy atom. The summed E-state index contributed by atoms with van der Waals surface area (Å²) in [6.45, 7) is 5.10. The van der Waals surface area contributed by atoms with Crippen molar-refractivity contribution in [2.24, 2.45) is 0 Å². The molecule has 0 N–H and O–H groups in total. The Bertz CT molecular complexity index is 1310. The Hall–Kier alpha value is -3.16. The molecule has 3 heterocycles. The minimum absolute atomic E-state index is 0.00880. The molecule has 0 bridgehead atoms. The number of amides is 2. The number of carbonyl (C=O) groups excluding carboxylic acids is 2. The summed E-state index contributed by atoms with van der Waals surface area (Å²) in [6, 6.07) is 10.6. The Morgan fingerprint density at radius 3 is 1.85 bits per heavy atom. The molecule has 3 aliphatic heterocycles. The smallest absolute Gasteiger partial charge is 0.375 e. The van der Waals surface area contributed by atoms with Crippen LogP contribution in [0.1, 0.15) is 52.7 Å². The second kappa shape index (κ2) is 14.3. The molecule has 0 saturated carbocycles. The SMILES string of the molecule is COCC(=O)N1CCC(N2CCN(C3CCN(C(=O)c4cc(C(F)(F)F)cc(C(F)(F)F)c4)C(Cc4ccccc4)C3)CC2)CC1. The number of piperidine rings is 2. The predicted molar refractivity (Wildman–Crippen MR) is 159 cm³/mol. The van der Waals surface area contributed by atoms with Gasteiger partial charge >= 0.3 is 12.4 Å². The van der Waals surface area contributed by atoms with Crippen LogP contribution in [0.2, 0.25) is 0 Å². The number of hydrogen-bond acceptors (Lipinski definition) is 5. The van der Waals surface area contributed by atoms with E-state index in [9.17, 15) is 35.9 Å². The minimum atomic E-state index is -5.03. The number of nitrogens with zero attached hydrogens (tertiary/aromatic N) is 4. The van der Waals surface area contributed by atoms with E-state index in [4.69, 9.17) is 4.74 Å². The van der Waals surface area contributed by atoms with Crippen LogP contribution >= 0.6 is 0 Å². The van der Waals surface area contributed by atoms with E-state index in [1.807, 2.05) is 35.2 Å². The monoisotopic (exact) mass is 654 g/mol. The van der Waals surface area contributed by atoms with Crippen molar-refractivity contribution >= 4 is 11.8 Å². The molecular weight excluding hydrogens is 614 g/mol. The van der Waals surface area contributed by atoms with Gasteiger partial charge < -0.3 is 14.5 Å². The van der Waals surface area contributed by atoms with Crippen molar-refractivity contribution in [1.82, 2.24) is 19.6 Å². The third-order valence-electron chi connectivity index (χ3n) is 9.56. The number of carbonyl (C=O) groups is 2. The van der Waals surface area contributed by atoms with Gasteiger partial charge in [-0.25, -0.2) is 0 Å². The number of methoxy groups -OCH3 is 1. The lowest BCUT2D eigenvalue weighted by atomic mass is 9.90. The van der Waals surface area contributed by atoms with Crippen LogP contribution in [-0.4, -0.2) is 109 Å². The van der Waals surface area contributed by atoms with Gasteiger partial charge in [0.25, 0.3) is 5.91 Å². The summed E-state index contributed by atoms with van der Waals surface area (Å²) in [5, 5.41) is 0. The molecule has 2 unspecified atom stereocenters. The number of ether oxygens (including phenoxy) is 1. The van der Waals surface area contributed by atoms with Gasteiger partial charge in [0, 0.05) is 76.6 Å². The number of halogens is 6. The Labute approximate surface area is 265 Å². The molecule has 3 fully saturated rings. The molecule has 0 aliphatic carbocycles. The van der Waals surface area contributed by atoms with Crippen molar-refractivity contribution in [3.63, 3.8) is 0 Å². The van der Waals surface area contributed by atoms with Gasteiger partial charge in [-0.3, -0.25) is 19.4 Å². The zero-order chi connectivity index (χ0) is 33.1. The molecule has 5 rings (SSSR count). The zero-order valence-corrected chi connectivity index (χ0v) is 25.8. The van der Waals surface area contributed by atoms with Crippen LogP contribution in [0.15, 0.2) is 48.5 Å². The molecule has 13 heteroatoms. The first-order valence-corrected chi connectivity index (χ1v) is 15.7. The van der Waals surface area contributed by atoms with E-state index >= 15 is 0 Å². The van der Waals surface area contributed by atoms with E-state index < -0.39 is 41.0 Å². The molecule has 7 nitrogen and oxygen atoms in total. The molecule has 3 aliphatic rings. The summed E-state index contributed by atoms with van der Waals surface area (Å²) in [5.74, 6) is -0.814. The molecule has 3 saturated heterocycles. The first-order chi connectivity index (χ1) is 21.8. The number of piperazine rings is 1. The van der Waals surface area contributed by atoms with Crippen molar-refractivity contribution in [2.75, 3.05) is 59.5 Å². The molecular formula is C33H40F6N4O3. The Kier molecular flexibility index (Phi) is 10.6. The number of benzene rings is 2. The first-order valence-electron chi connectivity index (χ1n) is 15.7. The second-order valence-electron chi connectivity index (χ2n) is 12.4. The standard InChI is InChI=1S/C33H40F6N4O3/c1-46-22-30(44)42-10-7-27(8-11-42)40-13-15-41(16-14-40)28-9-12-43(29(21-28)17-23-5-3-2-4-6-23)31(45)24-18-25(32(34,35)36)20-26(19-24)33(37,38)39/h2-6,18-20,27-29H,7-17,21-22H2,1H3. The maximum atomic E-state index is 13.7. The third kappa shape index (κ3) is 8.21. The number of hydrogen-bond donors (Lipinski definition) is 0. The van der Waals surface area contributed by atoms with Crippen molar-refractivity contribution in [3.05, 3.63) is 70.8 Å². The molecule has 2 aromatic rings. The van der Waals surface area contributed by atoms with Gasteiger partial charge in [-0.1, -0.05) is 30.3 Å². The topological polar surface area (TPSA) is 56.3 Å². The van der Waals surface area contributed by atoms with Crippen LogP contribution in [0.25, 0.3) is 0 Å². The van der Waals surface area contributed by atoms with Gasteiger partial charge in [0.15, 0.2) is 0 Å². The average molecular weight is 655 g/mol. The van der Waals surface area contributed by atoms with E-state index in [0.29, 0.717) is 50.5 Å². The lowest BCUT2D eigenvalue weighted by molar-refractivity contribution is -0.143. The molecule has 252 valence electrons. The van der Waals surface area contributed by atoms with Gasteiger partial charge in [-0.05, 0) is 55.9 Å². The van der Waals surface area contributed by atoms with Crippen LogP contribution < -0.4 is 0 Å². The molecule has 2 aromatic carbocycles. The number of rotatable bonds is 7. The predicted octanol–water partition coefficient (Wildman–Crippen LogP) is 5.20. The highest BCUT2D eigenvalue weighted by molar-refractivity contribution is 5.95. The average Bonchev–Trinajstić information content (AvgIpc) is 3.04. The quantitative estimate of drug-likeness (QED) is 0.385. The highest BCUT2D eigenvalue weighted by Gasteiger charge is 2.40. The maximum absolute atomic E-state index is 13.7. The number of likely N-dealkylation sites (tertiary alicyclic amines) is 2. The van der Waals surface area contributed by atoms with Gasteiger partial charge in [0.2, 0.25) is 5.91 Å². The minimum Gasteiger partial charge on any atom is -0.375 e. The largest absolute Gasteiger partial charge is 0.416 e. The van der Waals surface area contributed by atoms with Gasteiger partial charge in [-0.15, -0.1) is 0 Å². The van der Waals surface area contributed by atoms with E-state index in [2.05, 4.69) is 9.80 Å². The van der Waals surface area contributed by atoms with Crippen LogP contribution in [0.5, 0.6) is 0 Å². The first kappa shape index (κ1) is 34.2. The van der Waals surface area contributed by atoms with Crippen LogP contribution in [0.3, 0.4) is 0 Å². The summed E-state index contributed by atoms with van der Waals surface area (Å²) < 4.78 is 86.4. The highest BCUT2D eigenvalue weighted by Crippen LogP contribution is 2.37. The third-order valence-corrected chi connectivity index (χ3v) is 9.56. The molecule has 2 atom stereocenters. The van der Waals surface area contributed by atoms with Gasteiger partial charge in [-0.2, -0.15) is 26.3 Å². The van der Waals surface area contributed by atoms with Crippen molar-refractivity contribution < 1.29 is 40.7 Å². The van der Waals surface area contributed by atoms with Crippen molar-refractivity contribution in [1.29, 1.82) is 0 Å². The second-order valence-corrected chi connectivity index (χ2v) is 12.4. The highest BCUT2D eigenvalue weighted by atomic mass is 19.4. The lowest BCUT2D eigenvalue weighted by Gasteiger charge is -2.48. The van der Waals surface area contributed by atoms with Gasteiger partial charge in [0.1, 0.15) is 6.61 Å². The summed E-state index contributed by atoms with van der Waals surface area (Å²) in [6.07, 6.45) is -6.69. The fourth-order valence-corrected chi connectivity index (χ4v) is 7.12. The van der Waals surface area contributed by atoms with Crippen LogP contribution in [-0.2, 0) is 28.3 Å². The maximum Gasteiger partial charge on any atom is 0.416 e.